The lowest BCUT2D eigenvalue weighted by Gasteiger charge is -2.18. The van der Waals surface area contributed by atoms with Crippen molar-refractivity contribution in [3.63, 3.8) is 0 Å². The molecule has 1 unspecified atom stereocenters. The molecule has 1 aromatic rings. The Morgan fingerprint density at radius 3 is 2.53 bits per heavy atom. The van der Waals surface area contributed by atoms with Crippen molar-refractivity contribution in [1.82, 2.24) is 14.7 Å². The third-order valence-electron chi connectivity index (χ3n) is 2.19. The van der Waals surface area contributed by atoms with E-state index in [-0.39, 0.29) is 5.96 Å². The summed E-state index contributed by atoms with van der Waals surface area (Å²) in [5.74, 6) is -0.651. The van der Waals surface area contributed by atoms with Crippen molar-refractivity contribution >= 4 is 11.9 Å². The van der Waals surface area contributed by atoms with Gasteiger partial charge in [0.05, 0.1) is 11.8 Å². The summed E-state index contributed by atoms with van der Waals surface area (Å²) in [5, 5.41) is 12.7. The number of aromatic nitrogens is 2. The van der Waals surface area contributed by atoms with Crippen LogP contribution in [0.1, 0.15) is 19.4 Å². The Bertz CT molecular complexity index is 493. The third kappa shape index (κ3) is 3.78. The van der Waals surface area contributed by atoms with Gasteiger partial charge < -0.3 is 5.11 Å². The monoisotopic (exact) mass is 278 g/mol. The molecule has 0 aliphatic carbocycles. The first-order valence-electron chi connectivity index (χ1n) is 5.25. The van der Waals surface area contributed by atoms with E-state index in [0.717, 1.165) is 9.58 Å². The summed E-state index contributed by atoms with van der Waals surface area (Å²) in [6, 6.07) is 0. The number of carbonyl (C=O) groups excluding carboxylic acids is 1. The van der Waals surface area contributed by atoms with Gasteiger partial charge in [-0.05, 0) is 6.92 Å². The van der Waals surface area contributed by atoms with Gasteiger partial charge in [0.2, 0.25) is 11.9 Å². The molecule has 19 heavy (non-hydrogen) atoms. The summed E-state index contributed by atoms with van der Waals surface area (Å²) < 4.78 is 38.2. The highest BCUT2D eigenvalue weighted by molar-refractivity contribution is 5.96. The number of carbonyl (C=O) groups is 1. The summed E-state index contributed by atoms with van der Waals surface area (Å²) in [7, 11) is 1.32. The van der Waals surface area contributed by atoms with Gasteiger partial charge in [0, 0.05) is 20.2 Å². The SMILES string of the molecule is CC(=O)N(C)C(=NC(C)O)n1cc(C(F)(F)F)cn1. The quantitative estimate of drug-likeness (QED) is 0.613. The molecule has 1 heterocycles. The number of alkyl halides is 3. The summed E-state index contributed by atoms with van der Waals surface area (Å²) in [5.41, 5.74) is -0.970. The van der Waals surface area contributed by atoms with Crippen LogP contribution in [0, 0.1) is 0 Å². The molecule has 6 nitrogen and oxygen atoms in total. The molecule has 0 aromatic carbocycles. The fourth-order valence-electron chi connectivity index (χ4n) is 1.19. The van der Waals surface area contributed by atoms with E-state index in [9.17, 15) is 23.1 Å². The number of halogens is 3. The minimum atomic E-state index is -4.54. The molecule has 1 aromatic heterocycles. The molecular weight excluding hydrogens is 265 g/mol. The lowest BCUT2D eigenvalue weighted by Crippen LogP contribution is -2.37. The third-order valence-corrected chi connectivity index (χ3v) is 2.19. The van der Waals surface area contributed by atoms with Crippen molar-refractivity contribution < 1.29 is 23.1 Å². The van der Waals surface area contributed by atoms with E-state index in [0.29, 0.717) is 12.4 Å². The van der Waals surface area contributed by atoms with Crippen LogP contribution in [0.5, 0.6) is 0 Å². The molecule has 1 rings (SSSR count). The normalized spacial score (nSPS) is 14.4. The standard InChI is InChI=1S/C10H13F3N4O2/c1-6(18)15-9(16(3)7(2)19)17-5-8(4-14-17)10(11,12)13/h4-6,18H,1-3H3. The number of hydrogen-bond donors (Lipinski definition) is 1. The smallest absolute Gasteiger partial charge is 0.372 e. The van der Waals surface area contributed by atoms with E-state index in [1.165, 1.54) is 20.9 Å². The van der Waals surface area contributed by atoms with Crippen molar-refractivity contribution in [1.29, 1.82) is 0 Å². The van der Waals surface area contributed by atoms with Gasteiger partial charge in [0.1, 0.15) is 6.23 Å². The first kappa shape index (κ1) is 15.2. The fourth-order valence-corrected chi connectivity index (χ4v) is 1.19. The second-order valence-corrected chi connectivity index (χ2v) is 3.81. The maximum Gasteiger partial charge on any atom is 0.419 e. The van der Waals surface area contributed by atoms with Crippen LogP contribution >= 0.6 is 0 Å². The molecule has 9 heteroatoms. The molecule has 1 amide bonds. The van der Waals surface area contributed by atoms with E-state index in [2.05, 4.69) is 10.1 Å². The van der Waals surface area contributed by atoms with Crippen LogP contribution in [-0.4, -0.2) is 44.9 Å². The average Bonchev–Trinajstić information content (AvgIpc) is 2.73. The Morgan fingerprint density at radius 2 is 2.16 bits per heavy atom. The van der Waals surface area contributed by atoms with Crippen molar-refractivity contribution in [2.24, 2.45) is 4.99 Å². The molecule has 0 saturated carbocycles. The first-order valence-corrected chi connectivity index (χ1v) is 5.25. The number of nitrogens with zero attached hydrogens (tertiary/aromatic N) is 4. The van der Waals surface area contributed by atoms with Gasteiger partial charge in [-0.25, -0.2) is 9.67 Å². The maximum atomic E-state index is 12.5. The summed E-state index contributed by atoms with van der Waals surface area (Å²) >= 11 is 0. The lowest BCUT2D eigenvalue weighted by atomic mass is 10.4. The van der Waals surface area contributed by atoms with Crippen LogP contribution in [0.4, 0.5) is 13.2 Å². The van der Waals surface area contributed by atoms with Gasteiger partial charge in [-0.3, -0.25) is 9.69 Å². The van der Waals surface area contributed by atoms with Crippen molar-refractivity contribution in [2.45, 2.75) is 26.3 Å². The van der Waals surface area contributed by atoms with Gasteiger partial charge in [0.15, 0.2) is 0 Å². The molecule has 0 fully saturated rings. The van der Waals surface area contributed by atoms with Crippen LogP contribution in [0.3, 0.4) is 0 Å². The number of aliphatic imine (C=N–C) groups is 1. The summed E-state index contributed by atoms with van der Waals surface area (Å²) in [6.45, 7) is 2.52. The number of aliphatic hydroxyl groups excluding tert-OH is 1. The fraction of sp³-hybridized carbons (Fsp3) is 0.500. The molecule has 0 spiro atoms. The summed E-state index contributed by atoms with van der Waals surface area (Å²) in [4.78, 5) is 15.9. The predicted octanol–water partition coefficient (Wildman–Crippen LogP) is 0.923. The zero-order chi connectivity index (χ0) is 14.8. The van der Waals surface area contributed by atoms with Gasteiger partial charge in [-0.1, -0.05) is 0 Å². The zero-order valence-corrected chi connectivity index (χ0v) is 10.5. The Labute approximate surface area is 107 Å². The lowest BCUT2D eigenvalue weighted by molar-refractivity contribution is -0.137. The Morgan fingerprint density at radius 1 is 1.58 bits per heavy atom. The van der Waals surface area contributed by atoms with E-state index in [1.54, 1.807) is 0 Å². The van der Waals surface area contributed by atoms with Gasteiger partial charge >= 0.3 is 6.18 Å². The molecule has 1 N–H and O–H groups in total. The van der Waals surface area contributed by atoms with E-state index < -0.39 is 23.9 Å². The molecule has 1 atom stereocenters. The van der Waals surface area contributed by atoms with Gasteiger partial charge in [0.25, 0.3) is 0 Å². The van der Waals surface area contributed by atoms with Crippen molar-refractivity contribution in [3.05, 3.63) is 18.0 Å². The molecule has 0 saturated heterocycles. The average molecular weight is 278 g/mol. The Balaban J connectivity index is 3.20. The second kappa shape index (κ2) is 5.39. The molecule has 0 radical (unpaired) electrons. The van der Waals surface area contributed by atoms with E-state index >= 15 is 0 Å². The number of aliphatic hydroxyl groups is 1. The first-order chi connectivity index (χ1) is 8.62. The van der Waals surface area contributed by atoms with Crippen molar-refractivity contribution in [2.75, 3.05) is 7.05 Å². The number of amides is 1. The largest absolute Gasteiger partial charge is 0.419 e. The topological polar surface area (TPSA) is 70.7 Å². The minimum absolute atomic E-state index is 0.196. The second-order valence-electron chi connectivity index (χ2n) is 3.81. The molecule has 0 aliphatic rings. The van der Waals surface area contributed by atoms with Crippen LogP contribution in [0.2, 0.25) is 0 Å². The minimum Gasteiger partial charge on any atom is -0.372 e. The number of hydrogen-bond acceptors (Lipinski definition) is 4. The van der Waals surface area contributed by atoms with Crippen molar-refractivity contribution in [3.8, 4) is 0 Å². The van der Waals surface area contributed by atoms with Crippen LogP contribution in [0.15, 0.2) is 17.4 Å². The van der Waals surface area contributed by atoms with E-state index in [1.807, 2.05) is 0 Å². The van der Waals surface area contributed by atoms with Gasteiger partial charge in [-0.2, -0.15) is 18.3 Å². The molecule has 0 aliphatic heterocycles. The van der Waals surface area contributed by atoms with Crippen LogP contribution in [-0.2, 0) is 11.0 Å². The number of rotatable bonds is 1. The van der Waals surface area contributed by atoms with Crippen LogP contribution in [0.25, 0.3) is 0 Å². The van der Waals surface area contributed by atoms with Crippen LogP contribution < -0.4 is 0 Å². The maximum absolute atomic E-state index is 12.5. The Kier molecular flexibility index (Phi) is 4.30. The summed E-state index contributed by atoms with van der Waals surface area (Å²) in [6.07, 6.45) is -4.41. The highest BCUT2D eigenvalue weighted by Crippen LogP contribution is 2.28. The predicted molar refractivity (Wildman–Crippen MR) is 60.2 cm³/mol. The van der Waals surface area contributed by atoms with E-state index in [4.69, 9.17) is 0 Å². The molecular formula is C10H13F3N4O2. The zero-order valence-electron chi connectivity index (χ0n) is 10.5. The molecule has 0 bridgehead atoms. The highest BCUT2D eigenvalue weighted by Gasteiger charge is 2.33. The Hall–Kier alpha value is -1.90. The molecule has 106 valence electrons. The highest BCUT2D eigenvalue weighted by atomic mass is 19.4. The van der Waals surface area contributed by atoms with Gasteiger partial charge in [-0.15, -0.1) is 0 Å².